The number of hydrogen-bond donors (Lipinski definition) is 2. The smallest absolute Gasteiger partial charge is 0.270 e. The van der Waals surface area contributed by atoms with E-state index in [-0.39, 0.29) is 11.7 Å². The lowest BCUT2D eigenvalue weighted by molar-refractivity contribution is 0.0945. The van der Waals surface area contributed by atoms with Gasteiger partial charge in [0.05, 0.1) is 0 Å². The Morgan fingerprint density at radius 3 is 2.56 bits per heavy atom. The van der Waals surface area contributed by atoms with Crippen LogP contribution in [0.25, 0.3) is 0 Å². The molecule has 0 atom stereocenters. The van der Waals surface area contributed by atoms with Gasteiger partial charge in [-0.3, -0.25) is 4.79 Å². The zero-order valence-electron chi connectivity index (χ0n) is 15.1. The van der Waals surface area contributed by atoms with Crippen molar-refractivity contribution in [1.29, 1.82) is 0 Å². The van der Waals surface area contributed by atoms with Crippen LogP contribution in [0.3, 0.4) is 0 Å². The summed E-state index contributed by atoms with van der Waals surface area (Å²) in [5, 5.41) is 5.91. The Morgan fingerprint density at radius 2 is 1.78 bits per heavy atom. The van der Waals surface area contributed by atoms with Gasteiger partial charge in [0.15, 0.2) is 0 Å². The lowest BCUT2D eigenvalue weighted by atomic mass is 10.1. The van der Waals surface area contributed by atoms with E-state index in [9.17, 15) is 9.18 Å². The van der Waals surface area contributed by atoms with Crippen molar-refractivity contribution in [2.45, 2.75) is 19.9 Å². The number of nitrogens with zero attached hydrogens (tertiary/aromatic N) is 2. The average molecular weight is 364 g/mol. The molecule has 0 fully saturated rings. The van der Waals surface area contributed by atoms with Crippen LogP contribution >= 0.6 is 0 Å². The number of anilines is 1. The number of amides is 1. The fraction of sp³-hybridized carbons (Fsp3) is 0.190. The van der Waals surface area contributed by atoms with Gasteiger partial charge in [0, 0.05) is 18.8 Å². The van der Waals surface area contributed by atoms with E-state index in [0.717, 1.165) is 5.56 Å². The van der Waals surface area contributed by atoms with Gasteiger partial charge in [-0.15, -0.1) is 0 Å². The molecule has 0 bridgehead atoms. The van der Waals surface area contributed by atoms with E-state index in [0.29, 0.717) is 42.4 Å². The van der Waals surface area contributed by atoms with Crippen molar-refractivity contribution in [3.8, 4) is 0 Å². The number of carbonyl (C=O) groups is 1. The summed E-state index contributed by atoms with van der Waals surface area (Å²) < 4.78 is 13.7. The van der Waals surface area contributed by atoms with Crippen molar-refractivity contribution in [2.75, 3.05) is 11.9 Å². The summed E-state index contributed by atoms with van der Waals surface area (Å²) >= 11 is 0. The molecule has 3 aromatic rings. The van der Waals surface area contributed by atoms with E-state index in [4.69, 9.17) is 0 Å². The quantitative estimate of drug-likeness (QED) is 0.673. The Balaban J connectivity index is 1.60. The van der Waals surface area contributed by atoms with Crippen molar-refractivity contribution in [3.05, 3.63) is 89.0 Å². The van der Waals surface area contributed by atoms with Crippen LogP contribution in [0.5, 0.6) is 0 Å². The molecule has 138 valence electrons. The second kappa shape index (κ2) is 8.89. The first kappa shape index (κ1) is 18.5. The molecule has 27 heavy (non-hydrogen) atoms. The minimum atomic E-state index is -0.262. The van der Waals surface area contributed by atoms with Crippen LogP contribution in [0.2, 0.25) is 0 Å². The summed E-state index contributed by atoms with van der Waals surface area (Å²) in [5.41, 5.74) is 2.62. The van der Waals surface area contributed by atoms with Gasteiger partial charge >= 0.3 is 0 Å². The number of nitrogens with one attached hydrogen (secondary N) is 2. The molecule has 0 saturated carbocycles. The molecule has 0 radical (unpaired) electrons. The van der Waals surface area contributed by atoms with E-state index >= 15 is 0 Å². The van der Waals surface area contributed by atoms with Crippen LogP contribution in [0.15, 0.2) is 60.7 Å². The molecule has 5 nitrogen and oxygen atoms in total. The summed E-state index contributed by atoms with van der Waals surface area (Å²) in [7, 11) is 0. The van der Waals surface area contributed by atoms with E-state index in [1.165, 1.54) is 6.07 Å². The number of benzene rings is 2. The maximum Gasteiger partial charge on any atom is 0.270 e. The van der Waals surface area contributed by atoms with Crippen molar-refractivity contribution in [1.82, 2.24) is 15.3 Å². The van der Waals surface area contributed by atoms with Crippen molar-refractivity contribution in [2.24, 2.45) is 0 Å². The number of halogens is 1. The van der Waals surface area contributed by atoms with Crippen LogP contribution in [-0.2, 0) is 13.0 Å². The molecule has 6 heteroatoms. The molecule has 0 spiro atoms. The number of hydrogen-bond acceptors (Lipinski definition) is 4. The third-order valence-electron chi connectivity index (χ3n) is 4.02. The number of rotatable bonds is 7. The summed E-state index contributed by atoms with van der Waals surface area (Å²) in [5.74, 6) is -0.136. The Hall–Kier alpha value is -3.28. The van der Waals surface area contributed by atoms with E-state index in [1.54, 1.807) is 31.2 Å². The highest BCUT2D eigenvalue weighted by atomic mass is 19.1. The van der Waals surface area contributed by atoms with Crippen molar-refractivity contribution in [3.63, 3.8) is 0 Å². The molecular formula is C21H21FN4O. The van der Waals surface area contributed by atoms with E-state index in [1.807, 2.05) is 30.3 Å². The van der Waals surface area contributed by atoms with Crippen molar-refractivity contribution >= 4 is 11.9 Å². The molecule has 1 amide bonds. The summed E-state index contributed by atoms with van der Waals surface area (Å²) in [6.07, 6.45) is 0.500. The predicted octanol–water partition coefficient (Wildman–Crippen LogP) is 3.51. The average Bonchev–Trinajstić information content (AvgIpc) is 2.68. The van der Waals surface area contributed by atoms with Gasteiger partial charge in [0.2, 0.25) is 5.95 Å². The molecule has 0 aliphatic carbocycles. The Labute approximate surface area is 157 Å². The first-order valence-corrected chi connectivity index (χ1v) is 8.77. The number of carbonyl (C=O) groups excluding carboxylic acids is 1. The Bertz CT molecular complexity index is 915. The SMILES string of the molecule is Cc1cc(C(=O)NCc2ccccc2)nc(NCCc2ccccc2F)n1. The fourth-order valence-corrected chi connectivity index (χ4v) is 2.64. The largest absolute Gasteiger partial charge is 0.354 e. The molecule has 3 rings (SSSR count). The second-order valence-electron chi connectivity index (χ2n) is 6.15. The lowest BCUT2D eigenvalue weighted by Gasteiger charge is -2.09. The van der Waals surface area contributed by atoms with Gasteiger partial charge < -0.3 is 10.6 Å². The van der Waals surface area contributed by atoms with Crippen LogP contribution < -0.4 is 10.6 Å². The van der Waals surface area contributed by atoms with Gasteiger partial charge in [-0.1, -0.05) is 48.5 Å². The first-order chi connectivity index (χ1) is 13.1. The van der Waals surface area contributed by atoms with Gasteiger partial charge in [-0.25, -0.2) is 14.4 Å². The number of aromatic nitrogens is 2. The lowest BCUT2D eigenvalue weighted by Crippen LogP contribution is -2.24. The normalized spacial score (nSPS) is 10.4. The van der Waals surface area contributed by atoms with Gasteiger partial charge in [0.25, 0.3) is 5.91 Å². The standard InChI is InChI=1S/C21H21FN4O/c1-15-13-19(20(27)24-14-16-7-3-2-4-8-16)26-21(25-15)23-12-11-17-9-5-6-10-18(17)22/h2-10,13H,11-12,14H2,1H3,(H,24,27)(H,23,25,26). The Morgan fingerprint density at radius 1 is 1.04 bits per heavy atom. The predicted molar refractivity (Wildman–Crippen MR) is 103 cm³/mol. The topological polar surface area (TPSA) is 66.9 Å². The van der Waals surface area contributed by atoms with Crippen LogP contribution in [0.1, 0.15) is 27.3 Å². The van der Waals surface area contributed by atoms with Crippen LogP contribution in [-0.4, -0.2) is 22.4 Å². The highest BCUT2D eigenvalue weighted by Crippen LogP contribution is 2.09. The molecule has 0 unspecified atom stereocenters. The van der Waals surface area contributed by atoms with Crippen molar-refractivity contribution < 1.29 is 9.18 Å². The molecular weight excluding hydrogens is 343 g/mol. The van der Waals surface area contributed by atoms with Gasteiger partial charge in [-0.05, 0) is 36.6 Å². The maximum atomic E-state index is 13.7. The van der Waals surface area contributed by atoms with Crippen LogP contribution in [0.4, 0.5) is 10.3 Å². The summed E-state index contributed by atoms with van der Waals surface area (Å²) in [4.78, 5) is 20.9. The van der Waals surface area contributed by atoms with Gasteiger partial charge in [0.1, 0.15) is 11.5 Å². The molecule has 0 aliphatic rings. The highest BCUT2D eigenvalue weighted by Gasteiger charge is 2.10. The molecule has 1 heterocycles. The number of aryl methyl sites for hydroxylation is 1. The highest BCUT2D eigenvalue weighted by molar-refractivity contribution is 5.92. The van der Waals surface area contributed by atoms with E-state index in [2.05, 4.69) is 20.6 Å². The second-order valence-corrected chi connectivity index (χ2v) is 6.15. The minimum absolute atomic E-state index is 0.231. The Kier molecular flexibility index (Phi) is 6.10. The maximum absolute atomic E-state index is 13.7. The van der Waals surface area contributed by atoms with E-state index < -0.39 is 0 Å². The molecule has 0 saturated heterocycles. The molecule has 0 aliphatic heterocycles. The van der Waals surface area contributed by atoms with Crippen LogP contribution in [0, 0.1) is 12.7 Å². The molecule has 2 aromatic carbocycles. The molecule has 1 aromatic heterocycles. The van der Waals surface area contributed by atoms with Gasteiger partial charge in [-0.2, -0.15) is 0 Å². The third-order valence-corrected chi connectivity index (χ3v) is 4.02. The minimum Gasteiger partial charge on any atom is -0.354 e. The first-order valence-electron chi connectivity index (χ1n) is 8.77. The monoisotopic (exact) mass is 364 g/mol. The summed E-state index contributed by atoms with van der Waals surface area (Å²) in [6.45, 7) is 2.70. The summed E-state index contributed by atoms with van der Waals surface area (Å²) in [6, 6.07) is 18.0. The molecule has 2 N–H and O–H groups in total. The fourth-order valence-electron chi connectivity index (χ4n) is 2.64. The third kappa shape index (κ3) is 5.34. The zero-order valence-corrected chi connectivity index (χ0v) is 15.1. The zero-order chi connectivity index (χ0) is 19.1.